The lowest BCUT2D eigenvalue weighted by Crippen LogP contribution is -2.38. The van der Waals surface area contributed by atoms with Crippen LogP contribution >= 0.6 is 0 Å². The molecule has 1 aromatic carbocycles. The summed E-state index contributed by atoms with van der Waals surface area (Å²) < 4.78 is 11.0. The van der Waals surface area contributed by atoms with Crippen molar-refractivity contribution in [2.75, 3.05) is 14.2 Å². The van der Waals surface area contributed by atoms with Crippen molar-refractivity contribution in [3.8, 4) is 5.75 Å². The molecule has 20 heavy (non-hydrogen) atoms. The van der Waals surface area contributed by atoms with Crippen LogP contribution in [0, 0.1) is 6.92 Å². The monoisotopic (exact) mass is 278 g/mol. The van der Waals surface area contributed by atoms with Crippen LogP contribution in [-0.2, 0) is 4.74 Å². The second-order valence-electron chi connectivity index (χ2n) is 5.81. The first-order chi connectivity index (χ1) is 9.63. The Bertz CT molecular complexity index is 434. The molecule has 1 unspecified atom stereocenters. The Kier molecular flexibility index (Phi) is 5.06. The van der Waals surface area contributed by atoms with E-state index in [0.717, 1.165) is 42.6 Å². The Labute approximate surface area is 121 Å². The maximum atomic E-state index is 10.9. The lowest BCUT2D eigenvalue weighted by molar-refractivity contribution is -0.114. The van der Waals surface area contributed by atoms with Crippen LogP contribution < -0.4 is 4.74 Å². The van der Waals surface area contributed by atoms with E-state index in [2.05, 4.69) is 0 Å². The summed E-state index contributed by atoms with van der Waals surface area (Å²) in [6.07, 6.45) is 6.00. The average molecular weight is 278 g/mol. The van der Waals surface area contributed by atoms with Gasteiger partial charge in [-0.25, -0.2) is 0 Å². The maximum absolute atomic E-state index is 10.9. The fraction of sp³-hybridized carbons (Fsp3) is 0.647. The average Bonchev–Trinajstić information content (AvgIpc) is 2.72. The molecule has 112 valence electrons. The van der Waals surface area contributed by atoms with Gasteiger partial charge in [-0.15, -0.1) is 0 Å². The second kappa shape index (κ2) is 6.59. The number of benzene rings is 1. The zero-order chi connectivity index (χ0) is 14.6. The maximum Gasteiger partial charge on any atom is 0.119 e. The summed E-state index contributed by atoms with van der Waals surface area (Å²) in [6, 6.07) is 5.84. The molecule has 3 heteroatoms. The lowest BCUT2D eigenvalue weighted by Gasteiger charge is -2.37. The number of aliphatic hydroxyl groups excluding tert-OH is 1. The van der Waals surface area contributed by atoms with E-state index in [0.29, 0.717) is 0 Å². The molecule has 1 fully saturated rings. The fourth-order valence-corrected chi connectivity index (χ4v) is 3.28. The van der Waals surface area contributed by atoms with Gasteiger partial charge in [0.05, 0.1) is 12.7 Å². The minimum Gasteiger partial charge on any atom is -0.497 e. The highest BCUT2D eigenvalue weighted by molar-refractivity contribution is 5.37. The molecule has 2 rings (SSSR count). The first-order valence-corrected chi connectivity index (χ1v) is 7.51. The Morgan fingerprint density at radius 2 is 1.75 bits per heavy atom. The van der Waals surface area contributed by atoms with Gasteiger partial charge < -0.3 is 14.6 Å². The molecule has 0 radical (unpaired) electrons. The molecule has 1 aromatic rings. The third-order valence-electron chi connectivity index (χ3n) is 4.63. The zero-order valence-corrected chi connectivity index (χ0v) is 12.8. The van der Waals surface area contributed by atoms with Gasteiger partial charge in [-0.1, -0.05) is 31.7 Å². The van der Waals surface area contributed by atoms with Gasteiger partial charge in [-0.05, 0) is 43.0 Å². The van der Waals surface area contributed by atoms with E-state index in [4.69, 9.17) is 9.47 Å². The van der Waals surface area contributed by atoms with Crippen molar-refractivity contribution in [1.82, 2.24) is 0 Å². The van der Waals surface area contributed by atoms with Crippen molar-refractivity contribution >= 4 is 0 Å². The van der Waals surface area contributed by atoms with Gasteiger partial charge >= 0.3 is 0 Å². The van der Waals surface area contributed by atoms with Crippen LogP contribution in [0.2, 0.25) is 0 Å². The molecule has 1 saturated carbocycles. The smallest absolute Gasteiger partial charge is 0.119 e. The molecule has 1 N–H and O–H groups in total. The topological polar surface area (TPSA) is 38.7 Å². The number of ether oxygens (including phenoxy) is 2. The number of aliphatic hydroxyl groups is 1. The lowest BCUT2D eigenvalue weighted by atomic mass is 9.83. The van der Waals surface area contributed by atoms with Gasteiger partial charge in [0.25, 0.3) is 0 Å². The summed E-state index contributed by atoms with van der Waals surface area (Å²) >= 11 is 0. The molecule has 0 spiro atoms. The Morgan fingerprint density at radius 3 is 2.25 bits per heavy atom. The molecule has 0 saturated heterocycles. The molecule has 0 heterocycles. The van der Waals surface area contributed by atoms with Gasteiger partial charge in [0.2, 0.25) is 0 Å². The zero-order valence-electron chi connectivity index (χ0n) is 12.8. The van der Waals surface area contributed by atoms with Crippen molar-refractivity contribution in [2.45, 2.75) is 57.2 Å². The molecule has 0 aliphatic heterocycles. The van der Waals surface area contributed by atoms with E-state index in [1.165, 1.54) is 12.8 Å². The highest BCUT2D eigenvalue weighted by Crippen LogP contribution is 2.41. The largest absolute Gasteiger partial charge is 0.497 e. The summed E-state index contributed by atoms with van der Waals surface area (Å²) in [7, 11) is 3.39. The predicted molar refractivity (Wildman–Crippen MR) is 80.1 cm³/mol. The molecule has 0 aromatic heterocycles. The second-order valence-corrected chi connectivity index (χ2v) is 5.81. The third kappa shape index (κ3) is 2.99. The summed E-state index contributed by atoms with van der Waals surface area (Å²) in [4.78, 5) is 0. The van der Waals surface area contributed by atoms with Crippen LogP contribution in [0.1, 0.15) is 55.8 Å². The van der Waals surface area contributed by atoms with Crippen LogP contribution in [-0.4, -0.2) is 24.9 Å². The molecule has 0 bridgehead atoms. The molecule has 1 aliphatic carbocycles. The Hall–Kier alpha value is -1.06. The minimum absolute atomic E-state index is 0.435. The van der Waals surface area contributed by atoms with Gasteiger partial charge in [-0.3, -0.25) is 0 Å². The standard InChI is InChI=1S/C17H26O3/c1-13-12-14(19-2)8-9-15(13)16(18)17(20-3)10-6-4-5-7-11-17/h8-9,12,16,18H,4-7,10-11H2,1-3H3. The van der Waals surface area contributed by atoms with Crippen LogP contribution in [0.3, 0.4) is 0 Å². The highest BCUT2D eigenvalue weighted by Gasteiger charge is 2.39. The van der Waals surface area contributed by atoms with E-state index in [-0.39, 0.29) is 0 Å². The number of aryl methyl sites for hydroxylation is 1. The molecular weight excluding hydrogens is 252 g/mol. The first-order valence-electron chi connectivity index (χ1n) is 7.51. The van der Waals surface area contributed by atoms with E-state index in [1.54, 1.807) is 14.2 Å². The van der Waals surface area contributed by atoms with Crippen molar-refractivity contribution in [3.63, 3.8) is 0 Å². The van der Waals surface area contributed by atoms with Crippen LogP contribution in [0.25, 0.3) is 0 Å². The van der Waals surface area contributed by atoms with Crippen molar-refractivity contribution in [1.29, 1.82) is 0 Å². The van der Waals surface area contributed by atoms with Crippen LogP contribution in [0.15, 0.2) is 18.2 Å². The van der Waals surface area contributed by atoms with Crippen molar-refractivity contribution in [3.05, 3.63) is 29.3 Å². The van der Waals surface area contributed by atoms with E-state index >= 15 is 0 Å². The Balaban J connectivity index is 2.29. The predicted octanol–water partition coefficient (Wildman–Crippen LogP) is 3.78. The van der Waals surface area contributed by atoms with E-state index in [9.17, 15) is 5.11 Å². The SMILES string of the molecule is COc1ccc(C(O)C2(OC)CCCCCC2)c(C)c1. The minimum atomic E-state index is -0.573. The van der Waals surface area contributed by atoms with Gasteiger partial charge in [0, 0.05) is 7.11 Å². The number of rotatable bonds is 4. The summed E-state index contributed by atoms with van der Waals surface area (Å²) in [5, 5.41) is 10.9. The molecule has 0 amide bonds. The number of methoxy groups -OCH3 is 2. The summed E-state index contributed by atoms with van der Waals surface area (Å²) in [5.41, 5.74) is 1.57. The fourth-order valence-electron chi connectivity index (χ4n) is 3.28. The molecule has 3 nitrogen and oxygen atoms in total. The molecular formula is C17H26O3. The highest BCUT2D eigenvalue weighted by atomic mass is 16.5. The number of hydrogen-bond donors (Lipinski definition) is 1. The number of hydrogen-bond acceptors (Lipinski definition) is 3. The van der Waals surface area contributed by atoms with E-state index in [1.807, 2.05) is 25.1 Å². The van der Waals surface area contributed by atoms with Crippen LogP contribution in [0.5, 0.6) is 5.75 Å². The summed E-state index contributed by atoms with van der Waals surface area (Å²) in [5.74, 6) is 0.825. The normalized spacial score (nSPS) is 20.2. The van der Waals surface area contributed by atoms with Gasteiger partial charge in [-0.2, -0.15) is 0 Å². The summed E-state index contributed by atoms with van der Waals surface area (Å²) in [6.45, 7) is 2.02. The van der Waals surface area contributed by atoms with Crippen LogP contribution in [0.4, 0.5) is 0 Å². The van der Waals surface area contributed by atoms with Crippen molar-refractivity contribution < 1.29 is 14.6 Å². The Morgan fingerprint density at radius 1 is 1.10 bits per heavy atom. The van der Waals surface area contributed by atoms with E-state index < -0.39 is 11.7 Å². The molecule has 1 aliphatic rings. The third-order valence-corrected chi connectivity index (χ3v) is 4.63. The van der Waals surface area contributed by atoms with Gasteiger partial charge in [0.15, 0.2) is 0 Å². The first kappa shape index (κ1) is 15.3. The quantitative estimate of drug-likeness (QED) is 0.852. The molecule has 1 atom stereocenters. The van der Waals surface area contributed by atoms with Crippen molar-refractivity contribution in [2.24, 2.45) is 0 Å². The van der Waals surface area contributed by atoms with Gasteiger partial charge in [0.1, 0.15) is 11.9 Å².